The van der Waals surface area contributed by atoms with Crippen LogP contribution in [0, 0.1) is 11.3 Å². The van der Waals surface area contributed by atoms with Crippen molar-refractivity contribution in [1.82, 2.24) is 0 Å². The van der Waals surface area contributed by atoms with Crippen molar-refractivity contribution in [3.63, 3.8) is 0 Å². The van der Waals surface area contributed by atoms with Crippen molar-refractivity contribution < 1.29 is 0 Å². The quantitative estimate of drug-likeness (QED) is 0.576. The second-order valence-electron chi connectivity index (χ2n) is 7.04. The first kappa shape index (κ1) is 15.6. The lowest BCUT2D eigenvalue weighted by Crippen LogP contribution is -2.21. The van der Waals surface area contributed by atoms with Gasteiger partial charge in [0, 0.05) is 5.02 Å². The summed E-state index contributed by atoms with van der Waals surface area (Å²) in [6.45, 7) is 9.50. The van der Waals surface area contributed by atoms with Gasteiger partial charge >= 0.3 is 0 Å². The molecule has 0 fully saturated rings. The summed E-state index contributed by atoms with van der Waals surface area (Å²) in [5.41, 5.74) is 5.10. The van der Waals surface area contributed by atoms with Gasteiger partial charge in [-0.1, -0.05) is 63.4 Å². The first-order valence-corrected chi connectivity index (χ1v) is 8.28. The van der Waals surface area contributed by atoms with Crippen LogP contribution in [0.2, 0.25) is 5.02 Å². The molecular formula is C19H27Cl. The Labute approximate surface area is 129 Å². The molecule has 20 heavy (non-hydrogen) atoms. The van der Waals surface area contributed by atoms with Gasteiger partial charge in [-0.05, 0) is 60.3 Å². The van der Waals surface area contributed by atoms with Gasteiger partial charge in [0.25, 0.3) is 0 Å². The van der Waals surface area contributed by atoms with Gasteiger partial charge in [0.2, 0.25) is 0 Å². The maximum Gasteiger partial charge on any atom is 0.0406 e. The minimum Gasteiger partial charge on any atom is -0.0843 e. The smallest absolute Gasteiger partial charge is 0.0406 e. The van der Waals surface area contributed by atoms with Crippen LogP contribution < -0.4 is 0 Å². The van der Waals surface area contributed by atoms with E-state index in [1.807, 2.05) is 12.1 Å². The fourth-order valence-electron chi connectivity index (χ4n) is 3.39. The highest BCUT2D eigenvalue weighted by atomic mass is 35.5. The van der Waals surface area contributed by atoms with Crippen molar-refractivity contribution in [2.45, 2.75) is 59.8 Å². The van der Waals surface area contributed by atoms with Gasteiger partial charge in [-0.2, -0.15) is 0 Å². The number of hydrogen-bond donors (Lipinski definition) is 0. The Kier molecular flexibility index (Phi) is 4.96. The van der Waals surface area contributed by atoms with E-state index in [4.69, 9.17) is 11.6 Å². The van der Waals surface area contributed by atoms with E-state index < -0.39 is 0 Å². The molecule has 1 atom stereocenters. The predicted octanol–water partition coefficient (Wildman–Crippen LogP) is 6.74. The summed E-state index contributed by atoms with van der Waals surface area (Å²) < 4.78 is 0. The lowest BCUT2D eigenvalue weighted by atomic mass is 9.69. The van der Waals surface area contributed by atoms with Crippen molar-refractivity contribution in [2.24, 2.45) is 11.3 Å². The fourth-order valence-corrected chi connectivity index (χ4v) is 3.52. The molecule has 0 heterocycles. The molecule has 0 bridgehead atoms. The Bertz CT molecular complexity index is 479. The zero-order valence-corrected chi connectivity index (χ0v) is 14.1. The Balaban J connectivity index is 2.39. The summed E-state index contributed by atoms with van der Waals surface area (Å²) in [5.74, 6) is 0.699. The third kappa shape index (κ3) is 3.67. The number of hydrogen-bond acceptors (Lipinski definition) is 0. The fraction of sp³-hybridized carbons (Fsp3) is 0.579. The largest absolute Gasteiger partial charge is 0.0843 e. The average Bonchev–Trinajstić information content (AvgIpc) is 2.39. The molecule has 1 aliphatic rings. The van der Waals surface area contributed by atoms with E-state index in [0.29, 0.717) is 11.3 Å². The standard InChI is InChI=1S/C19H27Cl/c1-5-6-14(2)18-13-19(3,4)12-11-17(18)15-7-9-16(20)10-8-15/h7-10,14H,5-6,11-13H2,1-4H3. The minimum absolute atomic E-state index is 0.452. The van der Waals surface area contributed by atoms with E-state index in [9.17, 15) is 0 Å². The van der Waals surface area contributed by atoms with Crippen LogP contribution in [0.5, 0.6) is 0 Å². The molecule has 0 N–H and O–H groups in total. The van der Waals surface area contributed by atoms with E-state index in [2.05, 4.69) is 39.8 Å². The maximum absolute atomic E-state index is 6.03. The summed E-state index contributed by atoms with van der Waals surface area (Å²) in [4.78, 5) is 0. The highest BCUT2D eigenvalue weighted by Crippen LogP contribution is 2.45. The molecular weight excluding hydrogens is 264 g/mol. The molecule has 1 aromatic carbocycles. The number of rotatable bonds is 4. The van der Waals surface area contributed by atoms with Gasteiger partial charge in [0.1, 0.15) is 0 Å². The van der Waals surface area contributed by atoms with Crippen LogP contribution in [-0.4, -0.2) is 0 Å². The van der Waals surface area contributed by atoms with Crippen molar-refractivity contribution in [3.05, 3.63) is 40.4 Å². The van der Waals surface area contributed by atoms with Crippen molar-refractivity contribution in [3.8, 4) is 0 Å². The van der Waals surface area contributed by atoms with Crippen LogP contribution in [0.3, 0.4) is 0 Å². The molecule has 1 aliphatic carbocycles. The first-order valence-electron chi connectivity index (χ1n) is 7.91. The molecule has 0 nitrogen and oxygen atoms in total. The minimum atomic E-state index is 0.452. The van der Waals surface area contributed by atoms with Crippen LogP contribution in [0.15, 0.2) is 29.8 Å². The lowest BCUT2D eigenvalue weighted by molar-refractivity contribution is 0.309. The summed E-state index contributed by atoms with van der Waals surface area (Å²) >= 11 is 6.03. The molecule has 1 aromatic rings. The maximum atomic E-state index is 6.03. The van der Waals surface area contributed by atoms with Crippen LogP contribution in [-0.2, 0) is 0 Å². The van der Waals surface area contributed by atoms with Gasteiger partial charge in [-0.15, -0.1) is 0 Å². The normalized spacial score (nSPS) is 20.1. The lowest BCUT2D eigenvalue weighted by Gasteiger charge is -2.36. The number of halogens is 1. The van der Waals surface area contributed by atoms with Crippen molar-refractivity contribution in [1.29, 1.82) is 0 Å². The van der Waals surface area contributed by atoms with Gasteiger partial charge in [0.15, 0.2) is 0 Å². The molecule has 1 unspecified atom stereocenters. The van der Waals surface area contributed by atoms with Crippen molar-refractivity contribution >= 4 is 17.2 Å². The molecule has 0 amide bonds. The Hall–Kier alpha value is -0.750. The van der Waals surface area contributed by atoms with Gasteiger partial charge in [-0.3, -0.25) is 0 Å². The topological polar surface area (TPSA) is 0 Å². The molecule has 0 aliphatic heterocycles. The van der Waals surface area contributed by atoms with E-state index in [1.165, 1.54) is 37.7 Å². The monoisotopic (exact) mass is 290 g/mol. The van der Waals surface area contributed by atoms with Gasteiger partial charge in [0.05, 0.1) is 0 Å². The van der Waals surface area contributed by atoms with Crippen LogP contribution in [0.4, 0.5) is 0 Å². The summed E-state index contributed by atoms with van der Waals surface area (Å²) in [7, 11) is 0. The molecule has 1 heteroatoms. The molecule has 0 saturated carbocycles. The molecule has 0 radical (unpaired) electrons. The third-order valence-corrected chi connectivity index (χ3v) is 4.87. The Morgan fingerprint density at radius 1 is 1.20 bits per heavy atom. The SMILES string of the molecule is CCCC(C)C1=C(c2ccc(Cl)cc2)CCC(C)(C)C1. The summed E-state index contributed by atoms with van der Waals surface area (Å²) in [5, 5.41) is 0.827. The molecule has 0 spiro atoms. The van der Waals surface area contributed by atoms with E-state index in [1.54, 1.807) is 11.1 Å². The second-order valence-corrected chi connectivity index (χ2v) is 7.48. The van der Waals surface area contributed by atoms with Crippen LogP contribution in [0.1, 0.15) is 65.4 Å². The second kappa shape index (κ2) is 6.35. The average molecular weight is 291 g/mol. The highest BCUT2D eigenvalue weighted by Gasteiger charge is 2.29. The molecule has 110 valence electrons. The molecule has 0 saturated heterocycles. The summed E-state index contributed by atoms with van der Waals surface area (Å²) in [6, 6.07) is 8.42. The van der Waals surface area contributed by atoms with Crippen LogP contribution >= 0.6 is 11.6 Å². The van der Waals surface area contributed by atoms with E-state index in [0.717, 1.165) is 5.02 Å². The summed E-state index contributed by atoms with van der Waals surface area (Å²) in [6.07, 6.45) is 6.29. The first-order chi connectivity index (χ1) is 9.43. The predicted molar refractivity (Wildman–Crippen MR) is 90.1 cm³/mol. The Morgan fingerprint density at radius 3 is 2.45 bits per heavy atom. The highest BCUT2D eigenvalue weighted by molar-refractivity contribution is 6.30. The zero-order chi connectivity index (χ0) is 14.8. The number of benzene rings is 1. The molecule has 0 aromatic heterocycles. The zero-order valence-electron chi connectivity index (χ0n) is 13.3. The van der Waals surface area contributed by atoms with E-state index >= 15 is 0 Å². The number of allylic oxidation sites excluding steroid dienone is 2. The van der Waals surface area contributed by atoms with Gasteiger partial charge in [-0.25, -0.2) is 0 Å². The van der Waals surface area contributed by atoms with Gasteiger partial charge < -0.3 is 0 Å². The Morgan fingerprint density at radius 2 is 1.85 bits per heavy atom. The van der Waals surface area contributed by atoms with E-state index in [-0.39, 0.29) is 0 Å². The van der Waals surface area contributed by atoms with Crippen LogP contribution in [0.25, 0.3) is 5.57 Å². The molecule has 2 rings (SSSR count). The van der Waals surface area contributed by atoms with Crippen molar-refractivity contribution in [2.75, 3.05) is 0 Å². The third-order valence-electron chi connectivity index (χ3n) is 4.62.